The standard InChI is InChI=1S/C12H12Cl3NO5S/c13-8-1-2-9(11(10(8)14)22(15,19)20)21-7-3-5-16(6-4-7)12(17)18/h1-2,7H,3-6H2,(H,17,18). The summed E-state index contributed by atoms with van der Waals surface area (Å²) in [5.74, 6) is 0.0122. The molecule has 1 aromatic carbocycles. The van der Waals surface area contributed by atoms with Crippen molar-refractivity contribution in [2.75, 3.05) is 13.1 Å². The molecule has 10 heteroatoms. The first-order chi connectivity index (χ1) is 10.2. The van der Waals surface area contributed by atoms with Crippen molar-refractivity contribution in [3.05, 3.63) is 22.2 Å². The van der Waals surface area contributed by atoms with E-state index in [1.165, 1.54) is 17.0 Å². The van der Waals surface area contributed by atoms with Crippen LogP contribution in [-0.4, -0.2) is 43.7 Å². The van der Waals surface area contributed by atoms with E-state index in [0.717, 1.165) is 0 Å². The molecule has 1 heterocycles. The number of benzene rings is 1. The van der Waals surface area contributed by atoms with E-state index >= 15 is 0 Å². The van der Waals surface area contributed by atoms with Gasteiger partial charge in [0.25, 0.3) is 9.05 Å². The van der Waals surface area contributed by atoms with Gasteiger partial charge in [-0.15, -0.1) is 0 Å². The van der Waals surface area contributed by atoms with Crippen molar-refractivity contribution in [1.29, 1.82) is 0 Å². The predicted octanol–water partition coefficient (Wildman–Crippen LogP) is 3.44. The van der Waals surface area contributed by atoms with Crippen molar-refractivity contribution < 1.29 is 23.1 Å². The molecule has 0 aliphatic carbocycles. The molecule has 22 heavy (non-hydrogen) atoms. The van der Waals surface area contributed by atoms with Crippen molar-refractivity contribution in [3.8, 4) is 5.75 Å². The summed E-state index contributed by atoms with van der Waals surface area (Å²) in [4.78, 5) is 11.7. The third-order valence-electron chi connectivity index (χ3n) is 3.26. The van der Waals surface area contributed by atoms with Gasteiger partial charge in [0, 0.05) is 36.6 Å². The summed E-state index contributed by atoms with van der Waals surface area (Å²) >= 11 is 11.7. The third kappa shape index (κ3) is 3.90. The van der Waals surface area contributed by atoms with Gasteiger partial charge in [-0.25, -0.2) is 13.2 Å². The molecule has 0 radical (unpaired) electrons. The molecule has 1 aliphatic heterocycles. The number of hydrogen-bond donors (Lipinski definition) is 1. The highest BCUT2D eigenvalue weighted by atomic mass is 35.7. The lowest BCUT2D eigenvalue weighted by Crippen LogP contribution is -2.41. The average molecular weight is 389 g/mol. The Kier molecular flexibility index (Phi) is 5.32. The third-order valence-corrected chi connectivity index (χ3v) is 5.54. The molecule has 0 unspecified atom stereocenters. The number of likely N-dealkylation sites (tertiary alicyclic amines) is 1. The molecule has 1 aliphatic rings. The van der Waals surface area contributed by atoms with Crippen LogP contribution in [0.2, 0.25) is 10.0 Å². The summed E-state index contributed by atoms with van der Waals surface area (Å²) in [5.41, 5.74) is 0. The summed E-state index contributed by atoms with van der Waals surface area (Å²) in [6.07, 6.45) is -0.440. The maximum atomic E-state index is 11.7. The largest absolute Gasteiger partial charge is 0.489 e. The van der Waals surface area contributed by atoms with Gasteiger partial charge in [-0.3, -0.25) is 0 Å². The van der Waals surface area contributed by atoms with Crippen LogP contribution in [0.5, 0.6) is 5.75 Å². The highest BCUT2D eigenvalue weighted by molar-refractivity contribution is 8.14. The molecule has 6 nitrogen and oxygen atoms in total. The maximum absolute atomic E-state index is 11.7. The molecule has 1 saturated heterocycles. The van der Waals surface area contributed by atoms with Crippen LogP contribution in [0, 0.1) is 0 Å². The lowest BCUT2D eigenvalue weighted by Gasteiger charge is -2.30. The first kappa shape index (κ1) is 17.5. The summed E-state index contributed by atoms with van der Waals surface area (Å²) in [5, 5.41) is 8.74. The van der Waals surface area contributed by atoms with E-state index in [4.69, 9.17) is 43.7 Å². The molecule has 122 valence electrons. The molecule has 0 bridgehead atoms. The Morgan fingerprint density at radius 2 is 1.86 bits per heavy atom. The molecule has 0 aromatic heterocycles. The zero-order valence-electron chi connectivity index (χ0n) is 11.1. The Morgan fingerprint density at radius 3 is 2.36 bits per heavy atom. The lowest BCUT2D eigenvalue weighted by molar-refractivity contribution is 0.0880. The number of halogens is 3. The second-order valence-electron chi connectivity index (χ2n) is 4.71. The summed E-state index contributed by atoms with van der Waals surface area (Å²) in [6.45, 7) is 0.620. The molecular formula is C12H12Cl3NO5S. The molecule has 1 aromatic rings. The van der Waals surface area contributed by atoms with Gasteiger partial charge in [0.15, 0.2) is 0 Å². The zero-order valence-corrected chi connectivity index (χ0v) is 14.2. The normalized spacial score (nSPS) is 16.6. The smallest absolute Gasteiger partial charge is 0.407 e. The van der Waals surface area contributed by atoms with Gasteiger partial charge in [0.05, 0.1) is 10.0 Å². The Morgan fingerprint density at radius 1 is 1.27 bits per heavy atom. The van der Waals surface area contributed by atoms with Gasteiger partial charge in [0.2, 0.25) is 0 Å². The fraction of sp³-hybridized carbons (Fsp3) is 0.417. The number of ether oxygens (including phenoxy) is 1. The van der Waals surface area contributed by atoms with Crippen LogP contribution in [0.4, 0.5) is 4.79 Å². The Hall–Kier alpha value is -0.890. The van der Waals surface area contributed by atoms with Crippen LogP contribution >= 0.6 is 33.9 Å². The molecular weight excluding hydrogens is 377 g/mol. The van der Waals surface area contributed by atoms with E-state index in [-0.39, 0.29) is 26.8 Å². The van der Waals surface area contributed by atoms with E-state index in [0.29, 0.717) is 25.9 Å². The SMILES string of the molecule is O=C(O)N1CCC(Oc2ccc(Cl)c(Cl)c2S(=O)(=O)Cl)CC1. The second-order valence-corrected chi connectivity index (χ2v) is 8.00. The summed E-state index contributed by atoms with van der Waals surface area (Å²) in [6, 6.07) is 2.80. The second kappa shape index (κ2) is 6.70. The Bertz CT molecular complexity index is 686. The van der Waals surface area contributed by atoms with E-state index in [2.05, 4.69) is 0 Å². The fourth-order valence-corrected chi connectivity index (χ4v) is 4.11. The average Bonchev–Trinajstić information content (AvgIpc) is 2.42. The minimum Gasteiger partial charge on any atom is -0.489 e. The minimum atomic E-state index is -4.14. The number of piperidine rings is 1. The van der Waals surface area contributed by atoms with Crippen molar-refractivity contribution in [1.82, 2.24) is 4.90 Å². The number of nitrogens with zero attached hydrogens (tertiary/aromatic N) is 1. The summed E-state index contributed by atoms with van der Waals surface area (Å²) < 4.78 is 29.0. The summed E-state index contributed by atoms with van der Waals surface area (Å²) in [7, 11) is 1.25. The molecule has 2 rings (SSSR count). The van der Waals surface area contributed by atoms with Gasteiger partial charge in [-0.05, 0) is 12.1 Å². The lowest BCUT2D eigenvalue weighted by atomic mass is 10.1. The van der Waals surface area contributed by atoms with Crippen LogP contribution in [0.25, 0.3) is 0 Å². The number of carboxylic acid groups (broad SMARTS) is 1. The van der Waals surface area contributed by atoms with Crippen molar-refractivity contribution in [2.24, 2.45) is 0 Å². The molecule has 0 spiro atoms. The first-order valence-corrected chi connectivity index (χ1v) is 9.34. The molecule has 0 saturated carbocycles. The van der Waals surface area contributed by atoms with E-state index in [1.54, 1.807) is 0 Å². The van der Waals surface area contributed by atoms with Crippen LogP contribution in [0.15, 0.2) is 17.0 Å². The molecule has 0 atom stereocenters. The fourth-order valence-electron chi connectivity index (χ4n) is 2.18. The van der Waals surface area contributed by atoms with Crippen molar-refractivity contribution in [3.63, 3.8) is 0 Å². The van der Waals surface area contributed by atoms with Crippen LogP contribution in [0.1, 0.15) is 12.8 Å². The van der Waals surface area contributed by atoms with Gasteiger partial charge in [0.1, 0.15) is 16.7 Å². The number of hydrogen-bond acceptors (Lipinski definition) is 4. The van der Waals surface area contributed by atoms with Gasteiger partial charge >= 0.3 is 6.09 Å². The number of carbonyl (C=O) groups is 1. The Balaban J connectivity index is 2.21. The molecule has 1 N–H and O–H groups in total. The van der Waals surface area contributed by atoms with Crippen LogP contribution in [0.3, 0.4) is 0 Å². The van der Waals surface area contributed by atoms with Gasteiger partial charge in [-0.1, -0.05) is 23.2 Å². The molecule has 1 fully saturated rings. The number of amides is 1. The highest BCUT2D eigenvalue weighted by Crippen LogP contribution is 2.39. The maximum Gasteiger partial charge on any atom is 0.407 e. The van der Waals surface area contributed by atoms with Crippen LogP contribution in [-0.2, 0) is 9.05 Å². The van der Waals surface area contributed by atoms with Crippen LogP contribution < -0.4 is 4.74 Å². The predicted molar refractivity (Wildman–Crippen MR) is 82.7 cm³/mol. The monoisotopic (exact) mass is 387 g/mol. The Labute approximate surface area is 141 Å². The highest BCUT2D eigenvalue weighted by Gasteiger charge is 2.28. The van der Waals surface area contributed by atoms with Crippen molar-refractivity contribution >= 4 is 49.0 Å². The number of rotatable bonds is 3. The van der Waals surface area contributed by atoms with E-state index < -0.39 is 15.1 Å². The van der Waals surface area contributed by atoms with Crippen molar-refractivity contribution in [2.45, 2.75) is 23.8 Å². The topological polar surface area (TPSA) is 83.9 Å². The molecule has 1 amide bonds. The first-order valence-electron chi connectivity index (χ1n) is 6.27. The van der Waals surface area contributed by atoms with E-state index in [1.807, 2.05) is 0 Å². The zero-order chi connectivity index (χ0) is 16.5. The van der Waals surface area contributed by atoms with Gasteiger partial charge in [-0.2, -0.15) is 0 Å². The quantitative estimate of drug-likeness (QED) is 0.802. The minimum absolute atomic E-state index is 0.0122. The van der Waals surface area contributed by atoms with Gasteiger partial charge < -0.3 is 14.7 Å². The van der Waals surface area contributed by atoms with E-state index in [9.17, 15) is 13.2 Å².